The van der Waals surface area contributed by atoms with Gasteiger partial charge in [-0.25, -0.2) is 4.85 Å². The van der Waals surface area contributed by atoms with Crippen LogP contribution >= 0.6 is 0 Å². The molecule has 2 aromatic heterocycles. The summed E-state index contributed by atoms with van der Waals surface area (Å²) >= 11 is 0. The van der Waals surface area contributed by atoms with Crippen molar-refractivity contribution in [3.63, 3.8) is 0 Å². The first-order chi connectivity index (χ1) is 14.1. The summed E-state index contributed by atoms with van der Waals surface area (Å²) in [5.74, 6) is 0. The molecule has 4 rings (SSSR count). The second kappa shape index (κ2) is 5.71. The Morgan fingerprint density at radius 2 is 1.85 bits per heavy atom. The van der Waals surface area contributed by atoms with Crippen LogP contribution in [0.25, 0.3) is 38.0 Å². The summed E-state index contributed by atoms with van der Waals surface area (Å²) in [6.45, 7) is 10.5. The fourth-order valence-corrected chi connectivity index (χ4v) is 3.49. The van der Waals surface area contributed by atoms with Crippen LogP contribution in [0.4, 0.5) is 5.69 Å². The van der Waals surface area contributed by atoms with Crippen molar-refractivity contribution in [3.05, 3.63) is 70.2 Å². The maximum atomic E-state index is 8.82. The molecular formula is C23H21N2O+. The topological polar surface area (TPSA) is 21.4 Å². The highest BCUT2D eigenvalue weighted by Crippen LogP contribution is 2.40. The number of benzene rings is 2. The van der Waals surface area contributed by atoms with Crippen molar-refractivity contribution in [2.75, 3.05) is 0 Å². The summed E-state index contributed by atoms with van der Waals surface area (Å²) in [6, 6.07) is 9.58. The number of aromatic nitrogens is 1. The SMILES string of the molecule is [2H]c1c(C)c(C([2H])([2H])[2H])c(C)[n+](C)c1-c1c(C)ccc2c1oc1c([N+]#[C-])cccc12. The van der Waals surface area contributed by atoms with Crippen LogP contribution in [0.2, 0.25) is 0 Å². The molecule has 0 N–H and O–H groups in total. The fraction of sp³-hybridized carbons (Fsp3) is 0.217. The molecule has 128 valence electrons. The fourth-order valence-electron chi connectivity index (χ4n) is 3.49. The van der Waals surface area contributed by atoms with E-state index in [9.17, 15) is 0 Å². The third-order valence-corrected chi connectivity index (χ3v) is 5.09. The highest BCUT2D eigenvalue weighted by molar-refractivity contribution is 6.12. The summed E-state index contributed by atoms with van der Waals surface area (Å²) in [4.78, 5) is 3.57. The lowest BCUT2D eigenvalue weighted by Crippen LogP contribution is -2.36. The molecule has 0 fully saturated rings. The van der Waals surface area contributed by atoms with Crippen molar-refractivity contribution >= 4 is 27.6 Å². The van der Waals surface area contributed by atoms with Crippen LogP contribution in [0.5, 0.6) is 0 Å². The minimum absolute atomic E-state index is 0.163. The van der Waals surface area contributed by atoms with E-state index in [1.807, 2.05) is 31.2 Å². The van der Waals surface area contributed by atoms with Crippen molar-refractivity contribution in [1.82, 2.24) is 0 Å². The summed E-state index contributed by atoms with van der Waals surface area (Å²) < 4.78 is 40.5. The van der Waals surface area contributed by atoms with Crippen LogP contribution in [0.15, 0.2) is 40.8 Å². The van der Waals surface area contributed by atoms with Crippen molar-refractivity contribution in [1.29, 1.82) is 0 Å². The summed E-state index contributed by atoms with van der Waals surface area (Å²) in [6.07, 6.45) is 0. The van der Waals surface area contributed by atoms with Crippen LogP contribution < -0.4 is 4.57 Å². The second-order valence-electron chi connectivity index (χ2n) is 6.62. The van der Waals surface area contributed by atoms with Crippen molar-refractivity contribution < 1.29 is 14.5 Å². The summed E-state index contributed by atoms with van der Waals surface area (Å²) in [7, 11) is 1.78. The molecule has 0 saturated heterocycles. The van der Waals surface area contributed by atoms with Gasteiger partial charge in [0.15, 0.2) is 5.69 Å². The van der Waals surface area contributed by atoms with Crippen LogP contribution in [-0.4, -0.2) is 0 Å². The van der Waals surface area contributed by atoms with Crippen LogP contribution in [0.1, 0.15) is 27.9 Å². The lowest BCUT2D eigenvalue weighted by atomic mass is 9.98. The Hall–Kier alpha value is -3.12. The Morgan fingerprint density at radius 1 is 1.08 bits per heavy atom. The van der Waals surface area contributed by atoms with Gasteiger partial charge in [0.05, 0.1) is 13.5 Å². The van der Waals surface area contributed by atoms with Crippen molar-refractivity contribution in [3.8, 4) is 11.3 Å². The van der Waals surface area contributed by atoms with E-state index in [-0.39, 0.29) is 11.6 Å². The van der Waals surface area contributed by atoms with Crippen LogP contribution in [0, 0.1) is 34.2 Å². The Bertz CT molecular complexity index is 1360. The first kappa shape index (κ1) is 12.3. The molecule has 0 spiro atoms. The third-order valence-electron chi connectivity index (χ3n) is 5.09. The lowest BCUT2D eigenvalue weighted by molar-refractivity contribution is -0.667. The molecule has 2 heterocycles. The number of hydrogen-bond acceptors (Lipinski definition) is 1. The van der Waals surface area contributed by atoms with Crippen molar-refractivity contribution in [2.45, 2.75) is 27.6 Å². The third kappa shape index (κ3) is 2.16. The van der Waals surface area contributed by atoms with Gasteiger partial charge in [-0.3, -0.25) is 0 Å². The zero-order valence-electron chi connectivity index (χ0n) is 19.2. The van der Waals surface area contributed by atoms with Crippen LogP contribution in [0.3, 0.4) is 0 Å². The molecule has 3 nitrogen and oxygen atoms in total. The van der Waals surface area contributed by atoms with Gasteiger partial charge in [-0.2, -0.15) is 4.57 Å². The Kier molecular flexibility index (Phi) is 2.69. The van der Waals surface area contributed by atoms with E-state index in [2.05, 4.69) is 4.85 Å². The average molecular weight is 345 g/mol. The van der Waals surface area contributed by atoms with Gasteiger partial charge in [0.1, 0.15) is 18.2 Å². The van der Waals surface area contributed by atoms with Crippen molar-refractivity contribution in [2.24, 2.45) is 7.05 Å². The van der Waals surface area contributed by atoms with Crippen LogP contribution in [-0.2, 0) is 7.05 Å². The smallest absolute Gasteiger partial charge is 0.229 e. The molecule has 0 bridgehead atoms. The monoisotopic (exact) mass is 345 g/mol. The molecule has 3 heteroatoms. The van der Waals surface area contributed by atoms with E-state index >= 15 is 0 Å². The van der Waals surface area contributed by atoms with Gasteiger partial charge in [-0.15, -0.1) is 0 Å². The number of pyridine rings is 1. The highest BCUT2D eigenvalue weighted by atomic mass is 16.3. The standard InChI is InChI=1S/C23H21N2O/c1-13-10-11-18-17-8-7-9-19(24-5)22(17)26-23(18)21(13)20-12-14(2)15(3)16(4)25(20)6/h7-12H,1-4,6H3/q+1/i3D3,12D. The van der Waals surface area contributed by atoms with E-state index in [0.717, 1.165) is 21.9 Å². The maximum absolute atomic E-state index is 8.82. The maximum Gasteiger partial charge on any atom is 0.229 e. The first-order valence-corrected chi connectivity index (χ1v) is 8.40. The number of fused-ring (bicyclic) bond motifs is 3. The van der Waals surface area contributed by atoms with E-state index in [1.54, 1.807) is 31.5 Å². The van der Waals surface area contributed by atoms with Gasteiger partial charge in [0, 0.05) is 33.4 Å². The van der Waals surface area contributed by atoms with Gasteiger partial charge in [0.2, 0.25) is 11.4 Å². The lowest BCUT2D eigenvalue weighted by Gasteiger charge is -2.10. The zero-order chi connectivity index (χ0) is 22.0. The Balaban J connectivity index is 2.18. The number of hydrogen-bond donors (Lipinski definition) is 0. The Labute approximate surface area is 158 Å². The molecule has 0 radical (unpaired) electrons. The largest absolute Gasteiger partial charge is 0.466 e. The predicted octanol–water partition coefficient (Wildman–Crippen LogP) is 5.86. The normalized spacial score (nSPS) is 14.0. The van der Waals surface area contributed by atoms with E-state index in [4.69, 9.17) is 16.5 Å². The first-order valence-electron chi connectivity index (χ1n) is 10.4. The molecule has 26 heavy (non-hydrogen) atoms. The number of aryl methyl sites for hydroxylation is 1. The molecule has 0 amide bonds. The van der Waals surface area contributed by atoms with E-state index in [0.29, 0.717) is 33.8 Å². The molecular weight excluding hydrogens is 320 g/mol. The van der Waals surface area contributed by atoms with Gasteiger partial charge in [-0.1, -0.05) is 30.3 Å². The molecule has 0 atom stereocenters. The van der Waals surface area contributed by atoms with Gasteiger partial charge < -0.3 is 4.42 Å². The number of furan rings is 1. The average Bonchev–Trinajstić information content (AvgIpc) is 3.06. The molecule has 0 unspecified atom stereocenters. The minimum atomic E-state index is -2.30. The minimum Gasteiger partial charge on any atom is -0.466 e. The molecule has 0 aliphatic carbocycles. The molecule has 0 saturated carbocycles. The van der Waals surface area contributed by atoms with E-state index in [1.165, 1.54) is 0 Å². The molecule has 0 aliphatic rings. The van der Waals surface area contributed by atoms with E-state index < -0.39 is 6.85 Å². The van der Waals surface area contributed by atoms with Gasteiger partial charge in [-0.05, 0) is 31.8 Å². The molecule has 4 aromatic rings. The zero-order valence-corrected chi connectivity index (χ0v) is 15.2. The predicted molar refractivity (Wildman–Crippen MR) is 106 cm³/mol. The second-order valence-corrected chi connectivity index (χ2v) is 6.62. The number of para-hydroxylation sites is 1. The Morgan fingerprint density at radius 3 is 2.58 bits per heavy atom. The van der Waals surface area contributed by atoms with Gasteiger partial charge in [0.25, 0.3) is 0 Å². The number of rotatable bonds is 1. The quantitative estimate of drug-likeness (QED) is 0.313. The summed E-state index contributed by atoms with van der Waals surface area (Å²) in [5.41, 5.74) is 5.07. The molecule has 0 aliphatic heterocycles. The summed E-state index contributed by atoms with van der Waals surface area (Å²) in [5, 5.41) is 1.71. The van der Waals surface area contributed by atoms with Gasteiger partial charge >= 0.3 is 0 Å². The number of nitrogens with zero attached hydrogens (tertiary/aromatic N) is 2. The highest BCUT2D eigenvalue weighted by Gasteiger charge is 2.23. The molecule has 2 aromatic carbocycles.